The van der Waals surface area contributed by atoms with E-state index in [0.717, 1.165) is 0 Å². The molecule has 52 valence electrons. The molecule has 0 bridgehead atoms. The summed E-state index contributed by atoms with van der Waals surface area (Å²) in [5, 5.41) is 0.296. The highest BCUT2D eigenvalue weighted by Crippen LogP contribution is 2.21. The first kappa shape index (κ1) is 7.00. The van der Waals surface area contributed by atoms with E-state index in [-0.39, 0.29) is 6.10 Å². The summed E-state index contributed by atoms with van der Waals surface area (Å²) in [6.07, 6.45) is 4.00. The fraction of sp³-hybridized carbons (Fsp3) is 0.714. The maximum absolute atomic E-state index is 5.27. The Hall–Kier alpha value is -0.110. The monoisotopic (exact) mass is 144 g/mol. The molecule has 0 spiro atoms. The Morgan fingerprint density at radius 1 is 1.56 bits per heavy atom. The third kappa shape index (κ3) is 1.42. The molecule has 9 heavy (non-hydrogen) atoms. The van der Waals surface area contributed by atoms with E-state index in [1.807, 2.05) is 6.08 Å². The Morgan fingerprint density at radius 3 is 2.44 bits per heavy atom. The molecule has 1 heterocycles. The summed E-state index contributed by atoms with van der Waals surface area (Å²) in [4.78, 5) is 0. The van der Waals surface area contributed by atoms with E-state index in [2.05, 4.69) is 26.5 Å². The first-order valence-electron chi connectivity index (χ1n) is 3.22. The molecular formula is C7H12OS. The third-order valence-corrected chi connectivity index (χ3v) is 1.97. The van der Waals surface area contributed by atoms with Crippen molar-refractivity contribution >= 4 is 12.6 Å². The summed E-state index contributed by atoms with van der Waals surface area (Å²) < 4.78 is 5.27. The molecule has 1 rings (SSSR count). The molecule has 2 heteroatoms. The van der Waals surface area contributed by atoms with Crippen LogP contribution in [0.5, 0.6) is 0 Å². The van der Waals surface area contributed by atoms with Crippen LogP contribution in [-0.4, -0.2) is 11.4 Å². The molecule has 2 unspecified atom stereocenters. The Balaban J connectivity index is 2.45. The van der Waals surface area contributed by atoms with Crippen molar-refractivity contribution < 1.29 is 4.74 Å². The number of rotatable bonds is 1. The van der Waals surface area contributed by atoms with Crippen molar-refractivity contribution in [3.05, 3.63) is 12.3 Å². The van der Waals surface area contributed by atoms with Crippen LogP contribution >= 0.6 is 12.6 Å². The van der Waals surface area contributed by atoms with E-state index in [1.54, 1.807) is 6.26 Å². The maximum Gasteiger partial charge on any atom is 0.115 e. The lowest BCUT2D eigenvalue weighted by molar-refractivity contribution is 0.129. The lowest BCUT2D eigenvalue weighted by Gasteiger charge is -2.17. The van der Waals surface area contributed by atoms with Gasteiger partial charge in [0.1, 0.15) is 6.10 Å². The van der Waals surface area contributed by atoms with Crippen molar-refractivity contribution in [2.45, 2.75) is 25.2 Å². The molecule has 1 nitrogen and oxygen atoms in total. The molecule has 1 aliphatic rings. The van der Waals surface area contributed by atoms with E-state index in [1.165, 1.54) is 0 Å². The molecule has 0 radical (unpaired) electrons. The van der Waals surface area contributed by atoms with Crippen molar-refractivity contribution in [1.29, 1.82) is 0 Å². The van der Waals surface area contributed by atoms with Crippen LogP contribution in [0.3, 0.4) is 0 Å². The standard InChI is InChI=1S/C7H12OS/c1-5(2)7-6(9)3-4-8-7/h3-7,9H,1-2H3. The topological polar surface area (TPSA) is 9.23 Å². The number of hydrogen-bond acceptors (Lipinski definition) is 2. The highest BCUT2D eigenvalue weighted by Gasteiger charge is 2.23. The van der Waals surface area contributed by atoms with E-state index in [4.69, 9.17) is 4.74 Å². The van der Waals surface area contributed by atoms with Gasteiger partial charge < -0.3 is 4.74 Å². The molecule has 0 amide bonds. The molecule has 0 fully saturated rings. The summed E-state index contributed by atoms with van der Waals surface area (Å²) in [6, 6.07) is 0. The predicted molar refractivity (Wildman–Crippen MR) is 41.6 cm³/mol. The smallest absolute Gasteiger partial charge is 0.115 e. The third-order valence-electron chi connectivity index (χ3n) is 1.51. The number of ether oxygens (including phenoxy) is 1. The van der Waals surface area contributed by atoms with Crippen molar-refractivity contribution in [2.75, 3.05) is 0 Å². The molecule has 0 N–H and O–H groups in total. The van der Waals surface area contributed by atoms with E-state index >= 15 is 0 Å². The first-order chi connectivity index (χ1) is 4.22. The van der Waals surface area contributed by atoms with Crippen LogP contribution in [0, 0.1) is 5.92 Å². The summed E-state index contributed by atoms with van der Waals surface area (Å²) in [5.41, 5.74) is 0. The lowest BCUT2D eigenvalue weighted by Crippen LogP contribution is -2.22. The van der Waals surface area contributed by atoms with Gasteiger partial charge in [-0.1, -0.05) is 13.8 Å². The van der Waals surface area contributed by atoms with Gasteiger partial charge in [0.15, 0.2) is 0 Å². The Bertz CT molecular complexity index is 120. The van der Waals surface area contributed by atoms with Crippen molar-refractivity contribution in [3.63, 3.8) is 0 Å². The largest absolute Gasteiger partial charge is 0.497 e. The molecular weight excluding hydrogens is 132 g/mol. The van der Waals surface area contributed by atoms with Crippen molar-refractivity contribution in [2.24, 2.45) is 5.92 Å². The van der Waals surface area contributed by atoms with Gasteiger partial charge in [-0.2, -0.15) is 12.6 Å². The lowest BCUT2D eigenvalue weighted by atomic mass is 10.1. The minimum absolute atomic E-state index is 0.285. The molecule has 1 aliphatic heterocycles. The van der Waals surface area contributed by atoms with E-state index < -0.39 is 0 Å². The van der Waals surface area contributed by atoms with Gasteiger partial charge in [0.2, 0.25) is 0 Å². The summed E-state index contributed by atoms with van der Waals surface area (Å²) in [6.45, 7) is 4.28. The van der Waals surface area contributed by atoms with Crippen LogP contribution in [-0.2, 0) is 4.74 Å². The predicted octanol–water partition coefficient (Wildman–Crippen LogP) is 1.85. The molecule has 0 aromatic rings. The second-order valence-electron chi connectivity index (χ2n) is 2.66. The van der Waals surface area contributed by atoms with Gasteiger partial charge in [-0.15, -0.1) is 0 Å². The van der Waals surface area contributed by atoms with Gasteiger partial charge in [0.25, 0.3) is 0 Å². The molecule has 0 aromatic heterocycles. The quantitative estimate of drug-likeness (QED) is 0.553. The molecule has 0 aliphatic carbocycles. The van der Waals surface area contributed by atoms with Crippen molar-refractivity contribution in [3.8, 4) is 0 Å². The second kappa shape index (κ2) is 2.65. The van der Waals surface area contributed by atoms with Crippen LogP contribution < -0.4 is 0 Å². The summed E-state index contributed by atoms with van der Waals surface area (Å²) >= 11 is 4.31. The maximum atomic E-state index is 5.27. The molecule has 0 saturated carbocycles. The van der Waals surface area contributed by atoms with Crippen LogP contribution in [0.15, 0.2) is 12.3 Å². The highest BCUT2D eigenvalue weighted by atomic mass is 32.1. The average Bonchev–Trinajstić information content (AvgIpc) is 2.13. The normalized spacial score (nSPS) is 33.3. The molecule has 0 aromatic carbocycles. The second-order valence-corrected chi connectivity index (χ2v) is 3.26. The van der Waals surface area contributed by atoms with Crippen LogP contribution in [0.25, 0.3) is 0 Å². The zero-order valence-electron chi connectivity index (χ0n) is 5.74. The van der Waals surface area contributed by atoms with Gasteiger partial charge in [-0.25, -0.2) is 0 Å². The zero-order chi connectivity index (χ0) is 6.85. The zero-order valence-corrected chi connectivity index (χ0v) is 6.64. The van der Waals surface area contributed by atoms with Crippen LogP contribution in [0.1, 0.15) is 13.8 Å². The van der Waals surface area contributed by atoms with Gasteiger partial charge in [-0.3, -0.25) is 0 Å². The SMILES string of the molecule is CC(C)C1OC=CC1S. The highest BCUT2D eigenvalue weighted by molar-refractivity contribution is 7.81. The van der Waals surface area contributed by atoms with Gasteiger partial charge >= 0.3 is 0 Å². The first-order valence-corrected chi connectivity index (χ1v) is 3.73. The Kier molecular flexibility index (Phi) is 2.06. The van der Waals surface area contributed by atoms with Crippen LogP contribution in [0.4, 0.5) is 0 Å². The molecule has 0 saturated heterocycles. The van der Waals surface area contributed by atoms with E-state index in [0.29, 0.717) is 11.2 Å². The number of hydrogen-bond donors (Lipinski definition) is 1. The summed E-state index contributed by atoms with van der Waals surface area (Å²) in [5.74, 6) is 0.558. The van der Waals surface area contributed by atoms with Crippen molar-refractivity contribution in [1.82, 2.24) is 0 Å². The average molecular weight is 144 g/mol. The minimum Gasteiger partial charge on any atom is -0.497 e. The summed E-state index contributed by atoms with van der Waals surface area (Å²) in [7, 11) is 0. The van der Waals surface area contributed by atoms with E-state index in [9.17, 15) is 0 Å². The van der Waals surface area contributed by atoms with Crippen LogP contribution in [0.2, 0.25) is 0 Å². The van der Waals surface area contributed by atoms with Gasteiger partial charge in [0.05, 0.1) is 11.5 Å². The fourth-order valence-electron chi connectivity index (χ4n) is 0.958. The van der Waals surface area contributed by atoms with Gasteiger partial charge in [0, 0.05) is 0 Å². The van der Waals surface area contributed by atoms with Gasteiger partial charge in [-0.05, 0) is 12.0 Å². The minimum atomic E-state index is 0.285. The number of thiol groups is 1. The molecule has 2 atom stereocenters. The Morgan fingerprint density at radius 2 is 2.22 bits per heavy atom. The fourth-order valence-corrected chi connectivity index (χ4v) is 1.44. The Labute approximate surface area is 61.5 Å².